The van der Waals surface area contributed by atoms with Crippen molar-refractivity contribution in [2.45, 2.75) is 38.9 Å². The zero-order valence-electron chi connectivity index (χ0n) is 18.7. The molecular formula is C24H22Cl2F3N3O3. The third kappa shape index (κ3) is 5.26. The number of halogens is 5. The van der Waals surface area contributed by atoms with Gasteiger partial charge in [-0.05, 0) is 55.5 Å². The first kappa shape index (κ1) is 25.3. The highest BCUT2D eigenvalue weighted by Gasteiger charge is 2.32. The van der Waals surface area contributed by atoms with Gasteiger partial charge in [0.15, 0.2) is 0 Å². The van der Waals surface area contributed by atoms with Gasteiger partial charge in [-0.2, -0.15) is 18.3 Å². The monoisotopic (exact) mass is 527 g/mol. The Labute approximate surface area is 209 Å². The molecule has 0 saturated carbocycles. The molecule has 1 saturated heterocycles. The molecule has 4 rings (SSSR count). The summed E-state index contributed by atoms with van der Waals surface area (Å²) in [7, 11) is 0. The second kappa shape index (κ2) is 9.70. The Kier molecular flexibility index (Phi) is 7.02. The molecule has 0 atom stereocenters. The lowest BCUT2D eigenvalue weighted by Gasteiger charge is -2.31. The predicted molar refractivity (Wildman–Crippen MR) is 126 cm³/mol. The van der Waals surface area contributed by atoms with Crippen LogP contribution in [0.15, 0.2) is 30.5 Å². The Balaban J connectivity index is 1.60. The SMILES string of the molecule is Cc1cc(C(F)(F)F)cc2cnn(Cc3c(Cl)ccc(C(=O)N4CCC(CC(=O)O)CC4)c3Cl)c12. The van der Waals surface area contributed by atoms with Gasteiger partial charge in [0.25, 0.3) is 5.91 Å². The molecular weight excluding hydrogens is 506 g/mol. The van der Waals surface area contributed by atoms with Crippen LogP contribution >= 0.6 is 23.2 Å². The molecule has 6 nitrogen and oxygen atoms in total. The average molecular weight is 528 g/mol. The Morgan fingerprint density at radius 3 is 2.49 bits per heavy atom. The number of likely N-dealkylation sites (tertiary alicyclic amines) is 1. The summed E-state index contributed by atoms with van der Waals surface area (Å²) >= 11 is 13.0. The fourth-order valence-corrected chi connectivity index (χ4v) is 5.12. The number of fused-ring (bicyclic) bond motifs is 1. The molecule has 1 aliphatic rings. The van der Waals surface area contributed by atoms with Gasteiger partial charge in [-0.25, -0.2) is 0 Å². The summed E-state index contributed by atoms with van der Waals surface area (Å²) in [5.41, 5.74) is 0.857. The van der Waals surface area contributed by atoms with Crippen LogP contribution < -0.4 is 0 Å². The van der Waals surface area contributed by atoms with E-state index in [9.17, 15) is 22.8 Å². The van der Waals surface area contributed by atoms with Gasteiger partial charge in [0, 0.05) is 35.5 Å². The molecule has 1 aromatic heterocycles. The molecule has 0 unspecified atom stereocenters. The van der Waals surface area contributed by atoms with Crippen LogP contribution in [0.3, 0.4) is 0 Å². The molecule has 1 fully saturated rings. The minimum Gasteiger partial charge on any atom is -0.481 e. The van der Waals surface area contributed by atoms with Crippen molar-refractivity contribution in [3.63, 3.8) is 0 Å². The number of carbonyl (C=O) groups is 2. The van der Waals surface area contributed by atoms with Crippen molar-refractivity contribution in [2.24, 2.45) is 5.92 Å². The Morgan fingerprint density at radius 1 is 1.17 bits per heavy atom. The van der Waals surface area contributed by atoms with E-state index in [4.69, 9.17) is 28.3 Å². The number of rotatable bonds is 5. The van der Waals surface area contributed by atoms with Crippen LogP contribution in [0, 0.1) is 12.8 Å². The van der Waals surface area contributed by atoms with E-state index in [2.05, 4.69) is 5.10 Å². The van der Waals surface area contributed by atoms with Gasteiger partial charge in [-0.1, -0.05) is 23.2 Å². The molecule has 0 radical (unpaired) electrons. The van der Waals surface area contributed by atoms with Crippen molar-refractivity contribution in [1.82, 2.24) is 14.7 Å². The zero-order valence-corrected chi connectivity index (χ0v) is 20.2. The van der Waals surface area contributed by atoms with Crippen molar-refractivity contribution >= 4 is 46.0 Å². The molecule has 35 heavy (non-hydrogen) atoms. The molecule has 1 aliphatic heterocycles. The molecule has 0 bridgehead atoms. The molecule has 2 heterocycles. The topological polar surface area (TPSA) is 75.4 Å². The fraction of sp³-hybridized carbons (Fsp3) is 0.375. The summed E-state index contributed by atoms with van der Waals surface area (Å²) in [6.45, 7) is 2.49. The first-order chi connectivity index (χ1) is 16.5. The van der Waals surface area contributed by atoms with E-state index in [0.29, 0.717) is 53.0 Å². The normalized spacial score (nSPS) is 15.1. The molecule has 2 aromatic carbocycles. The lowest BCUT2D eigenvalue weighted by Crippen LogP contribution is -2.39. The number of carboxylic acid groups (broad SMARTS) is 1. The average Bonchev–Trinajstić information content (AvgIpc) is 3.19. The number of hydrogen-bond acceptors (Lipinski definition) is 3. The van der Waals surface area contributed by atoms with Gasteiger partial charge in [-0.15, -0.1) is 0 Å². The maximum absolute atomic E-state index is 13.2. The minimum absolute atomic E-state index is 0.0296. The molecule has 186 valence electrons. The number of carboxylic acids is 1. The second-order valence-corrected chi connectivity index (χ2v) is 9.54. The quantitative estimate of drug-likeness (QED) is 0.438. The minimum atomic E-state index is -4.47. The number of alkyl halides is 3. The second-order valence-electron chi connectivity index (χ2n) is 8.75. The maximum Gasteiger partial charge on any atom is 0.416 e. The number of amides is 1. The van der Waals surface area contributed by atoms with Gasteiger partial charge in [0.1, 0.15) is 0 Å². The van der Waals surface area contributed by atoms with Gasteiger partial charge >= 0.3 is 12.1 Å². The summed E-state index contributed by atoms with van der Waals surface area (Å²) in [5, 5.41) is 14.0. The third-order valence-electron chi connectivity index (χ3n) is 6.34. The fourth-order valence-electron chi connectivity index (χ4n) is 4.55. The maximum atomic E-state index is 13.2. The molecule has 0 spiro atoms. The molecule has 3 aromatic rings. The van der Waals surface area contributed by atoms with Crippen molar-refractivity contribution < 1.29 is 27.9 Å². The highest BCUT2D eigenvalue weighted by molar-refractivity contribution is 6.38. The number of nitrogens with zero attached hydrogens (tertiary/aromatic N) is 3. The lowest BCUT2D eigenvalue weighted by molar-refractivity contribution is -0.139. The Morgan fingerprint density at radius 2 is 1.86 bits per heavy atom. The van der Waals surface area contributed by atoms with Crippen LogP contribution in [-0.4, -0.2) is 44.8 Å². The van der Waals surface area contributed by atoms with Crippen molar-refractivity contribution in [3.05, 3.63) is 62.8 Å². The number of aliphatic carboxylic acids is 1. The summed E-state index contributed by atoms with van der Waals surface area (Å²) in [6.07, 6.45) is -1.85. The van der Waals surface area contributed by atoms with Gasteiger partial charge < -0.3 is 10.0 Å². The van der Waals surface area contributed by atoms with Crippen LogP contribution in [0.5, 0.6) is 0 Å². The Hall–Kier alpha value is -2.78. The van der Waals surface area contributed by atoms with Crippen LogP contribution in [0.4, 0.5) is 13.2 Å². The summed E-state index contributed by atoms with van der Waals surface area (Å²) < 4.78 is 41.1. The van der Waals surface area contributed by atoms with E-state index >= 15 is 0 Å². The van der Waals surface area contributed by atoms with Crippen molar-refractivity contribution in [2.75, 3.05) is 13.1 Å². The van der Waals surface area contributed by atoms with Crippen molar-refractivity contribution in [3.8, 4) is 0 Å². The predicted octanol–water partition coefficient (Wildman–Crippen LogP) is 6.05. The lowest BCUT2D eigenvalue weighted by atomic mass is 9.93. The van der Waals surface area contributed by atoms with Gasteiger partial charge in [0.05, 0.1) is 34.4 Å². The number of aryl methyl sites for hydroxylation is 1. The molecule has 1 amide bonds. The van der Waals surface area contributed by atoms with Crippen molar-refractivity contribution in [1.29, 1.82) is 0 Å². The van der Waals surface area contributed by atoms with Crippen LogP contribution in [-0.2, 0) is 17.5 Å². The van der Waals surface area contributed by atoms with E-state index in [-0.39, 0.29) is 35.4 Å². The van der Waals surface area contributed by atoms with Crippen LogP contribution in [0.2, 0.25) is 10.0 Å². The molecule has 0 aliphatic carbocycles. The van der Waals surface area contributed by atoms with Gasteiger partial charge in [-0.3, -0.25) is 14.3 Å². The van der Waals surface area contributed by atoms with Gasteiger partial charge in [0.2, 0.25) is 0 Å². The third-order valence-corrected chi connectivity index (χ3v) is 7.13. The van der Waals surface area contributed by atoms with Crippen LogP contribution in [0.1, 0.15) is 46.3 Å². The summed E-state index contributed by atoms with van der Waals surface area (Å²) in [6, 6.07) is 5.22. The standard InChI is InChI=1S/C24H22Cl2F3N3O3/c1-13-8-16(24(27,28)29)10-15-11-30-32(22(13)15)12-18-19(25)3-2-17(21(18)26)23(35)31-6-4-14(5-7-31)9-20(33)34/h2-3,8,10-11,14H,4-7,9,12H2,1H3,(H,33,34). The molecule has 11 heteroatoms. The van der Waals surface area contributed by atoms with E-state index in [1.54, 1.807) is 24.0 Å². The number of aromatic nitrogens is 2. The highest BCUT2D eigenvalue weighted by Crippen LogP contribution is 2.35. The summed E-state index contributed by atoms with van der Waals surface area (Å²) in [4.78, 5) is 25.8. The van der Waals surface area contributed by atoms with E-state index in [1.165, 1.54) is 10.9 Å². The van der Waals surface area contributed by atoms with Crippen LogP contribution in [0.25, 0.3) is 10.9 Å². The smallest absolute Gasteiger partial charge is 0.416 e. The first-order valence-electron chi connectivity index (χ1n) is 11.0. The van der Waals surface area contributed by atoms with E-state index < -0.39 is 17.7 Å². The highest BCUT2D eigenvalue weighted by atomic mass is 35.5. The largest absolute Gasteiger partial charge is 0.481 e. The first-order valence-corrected chi connectivity index (χ1v) is 11.7. The number of carbonyl (C=O) groups excluding carboxylic acids is 1. The van der Waals surface area contributed by atoms with E-state index in [1.807, 2.05) is 0 Å². The number of hydrogen-bond donors (Lipinski definition) is 1. The van der Waals surface area contributed by atoms with E-state index in [0.717, 1.165) is 12.1 Å². The number of benzene rings is 2. The zero-order chi connectivity index (χ0) is 25.5. The summed E-state index contributed by atoms with van der Waals surface area (Å²) in [5.74, 6) is -1.10. The molecule has 1 N–H and O–H groups in total. The number of piperidine rings is 1. The Bertz CT molecular complexity index is 1300.